The van der Waals surface area contributed by atoms with Gasteiger partial charge < -0.3 is 10.1 Å². The first-order valence-corrected chi connectivity index (χ1v) is 9.87. The van der Waals surface area contributed by atoms with Gasteiger partial charge in [-0.25, -0.2) is 4.68 Å². The third kappa shape index (κ3) is 3.96. The van der Waals surface area contributed by atoms with E-state index in [9.17, 15) is 0 Å². The molecule has 2 aromatic rings. The van der Waals surface area contributed by atoms with Crippen LogP contribution in [0.5, 0.6) is 0 Å². The van der Waals surface area contributed by atoms with Crippen LogP contribution in [0.3, 0.4) is 0 Å². The normalized spacial score (nSPS) is 21.3. The highest BCUT2D eigenvalue weighted by atomic mass is 35.5. The third-order valence-electron chi connectivity index (χ3n) is 5.42. The molecule has 140 valence electrons. The highest BCUT2D eigenvalue weighted by Gasteiger charge is 2.32. The number of morpholine rings is 1. The summed E-state index contributed by atoms with van der Waals surface area (Å²) in [6.07, 6.45) is 3.02. The Balaban J connectivity index is 1.36. The lowest BCUT2D eigenvalue weighted by atomic mass is 10.2. The molecule has 0 radical (unpaired) electrons. The molecule has 2 aliphatic rings. The molecule has 6 heteroatoms. The Kier molecular flexibility index (Phi) is 5.32. The van der Waals surface area contributed by atoms with Gasteiger partial charge in [-0.05, 0) is 51.0 Å². The fourth-order valence-electron chi connectivity index (χ4n) is 3.76. The summed E-state index contributed by atoms with van der Waals surface area (Å²) in [5.41, 5.74) is 4.53. The smallest absolute Gasteiger partial charge is 0.0826 e. The van der Waals surface area contributed by atoms with E-state index in [4.69, 9.17) is 21.4 Å². The molecule has 1 saturated carbocycles. The van der Waals surface area contributed by atoms with Crippen LogP contribution in [0.2, 0.25) is 5.02 Å². The number of halogens is 1. The van der Waals surface area contributed by atoms with Gasteiger partial charge in [0.05, 0.1) is 24.1 Å². The van der Waals surface area contributed by atoms with Gasteiger partial charge in [0, 0.05) is 48.5 Å². The van der Waals surface area contributed by atoms with Crippen molar-refractivity contribution >= 4 is 11.6 Å². The van der Waals surface area contributed by atoms with Crippen LogP contribution in [0.25, 0.3) is 5.69 Å². The molecule has 1 atom stereocenters. The summed E-state index contributed by atoms with van der Waals surface area (Å²) in [5, 5.41) is 9.03. The molecule has 0 amide bonds. The van der Waals surface area contributed by atoms with Crippen molar-refractivity contribution < 1.29 is 4.74 Å². The number of benzene rings is 1. The maximum atomic E-state index is 6.00. The number of nitrogens with one attached hydrogen (secondary N) is 1. The lowest BCUT2D eigenvalue weighted by Gasteiger charge is -2.33. The number of aryl methyl sites for hydroxylation is 1. The summed E-state index contributed by atoms with van der Waals surface area (Å²) in [7, 11) is 0. The summed E-state index contributed by atoms with van der Waals surface area (Å²) in [6.45, 7) is 8.89. The first-order chi connectivity index (χ1) is 12.6. The summed E-state index contributed by atoms with van der Waals surface area (Å²) in [6, 6.07) is 8.63. The summed E-state index contributed by atoms with van der Waals surface area (Å²) in [5.74, 6) is 0. The van der Waals surface area contributed by atoms with Crippen molar-refractivity contribution in [2.75, 3.05) is 26.2 Å². The maximum absolute atomic E-state index is 6.00. The average Bonchev–Trinajstić information content (AvgIpc) is 3.45. The first-order valence-electron chi connectivity index (χ1n) is 9.49. The van der Waals surface area contributed by atoms with Crippen LogP contribution in [0.15, 0.2) is 24.3 Å². The highest BCUT2D eigenvalue weighted by molar-refractivity contribution is 6.30. The quantitative estimate of drug-likeness (QED) is 0.843. The molecule has 4 rings (SSSR count). The molecule has 1 aliphatic heterocycles. The Bertz CT molecular complexity index is 754. The van der Waals surface area contributed by atoms with Crippen molar-refractivity contribution in [3.8, 4) is 5.69 Å². The van der Waals surface area contributed by atoms with Crippen LogP contribution < -0.4 is 5.32 Å². The van der Waals surface area contributed by atoms with Crippen LogP contribution in [0.4, 0.5) is 0 Å². The zero-order valence-electron chi connectivity index (χ0n) is 15.5. The van der Waals surface area contributed by atoms with Gasteiger partial charge in [0.2, 0.25) is 0 Å². The minimum Gasteiger partial charge on any atom is -0.374 e. The van der Waals surface area contributed by atoms with Crippen molar-refractivity contribution in [1.82, 2.24) is 20.0 Å². The fraction of sp³-hybridized carbons (Fsp3) is 0.550. The number of hydrogen-bond donors (Lipinski definition) is 1. The van der Waals surface area contributed by atoms with Crippen LogP contribution in [0.1, 0.15) is 29.8 Å². The van der Waals surface area contributed by atoms with Gasteiger partial charge in [-0.3, -0.25) is 4.90 Å². The van der Waals surface area contributed by atoms with Gasteiger partial charge in [-0.15, -0.1) is 0 Å². The zero-order chi connectivity index (χ0) is 18.1. The van der Waals surface area contributed by atoms with E-state index in [1.807, 2.05) is 28.9 Å². The van der Waals surface area contributed by atoms with E-state index in [0.29, 0.717) is 0 Å². The summed E-state index contributed by atoms with van der Waals surface area (Å²) < 4.78 is 7.93. The Morgan fingerprint density at radius 1 is 1.23 bits per heavy atom. The number of ether oxygens (including phenoxy) is 1. The lowest BCUT2D eigenvalue weighted by Crippen LogP contribution is -2.47. The zero-order valence-corrected chi connectivity index (χ0v) is 16.3. The van der Waals surface area contributed by atoms with Crippen molar-refractivity contribution in [3.63, 3.8) is 0 Å². The minimum atomic E-state index is 0.288. The second-order valence-corrected chi connectivity index (χ2v) is 7.82. The third-order valence-corrected chi connectivity index (χ3v) is 5.67. The van der Waals surface area contributed by atoms with E-state index in [1.165, 1.54) is 24.1 Å². The Morgan fingerprint density at radius 3 is 2.73 bits per heavy atom. The molecule has 2 fully saturated rings. The van der Waals surface area contributed by atoms with E-state index < -0.39 is 0 Å². The molecule has 26 heavy (non-hydrogen) atoms. The van der Waals surface area contributed by atoms with Crippen LogP contribution in [-0.4, -0.2) is 53.1 Å². The number of rotatable bonds is 6. The largest absolute Gasteiger partial charge is 0.374 e. The van der Waals surface area contributed by atoms with Crippen molar-refractivity contribution in [3.05, 3.63) is 46.2 Å². The highest BCUT2D eigenvalue weighted by Crippen LogP contribution is 2.28. The van der Waals surface area contributed by atoms with Gasteiger partial charge >= 0.3 is 0 Å². The maximum Gasteiger partial charge on any atom is 0.0826 e. The number of hydrogen-bond acceptors (Lipinski definition) is 4. The van der Waals surface area contributed by atoms with Crippen molar-refractivity contribution in [1.29, 1.82) is 0 Å². The molecule has 0 bridgehead atoms. The Labute approximate surface area is 160 Å². The molecule has 1 saturated heterocycles. The molecule has 5 nitrogen and oxygen atoms in total. The predicted octanol–water partition coefficient (Wildman–Crippen LogP) is 3.10. The van der Waals surface area contributed by atoms with Crippen LogP contribution in [-0.2, 0) is 11.3 Å². The fourth-order valence-corrected chi connectivity index (χ4v) is 3.89. The van der Waals surface area contributed by atoms with E-state index in [1.54, 1.807) is 0 Å². The molecule has 1 aromatic carbocycles. The van der Waals surface area contributed by atoms with Gasteiger partial charge in [-0.2, -0.15) is 5.10 Å². The summed E-state index contributed by atoms with van der Waals surface area (Å²) in [4.78, 5) is 2.59. The Hall–Kier alpha value is -1.40. The molecular weight excluding hydrogens is 348 g/mol. The molecule has 1 unspecified atom stereocenters. The topological polar surface area (TPSA) is 42.3 Å². The van der Waals surface area contributed by atoms with Gasteiger partial charge in [0.25, 0.3) is 0 Å². The molecule has 2 heterocycles. The standard InChI is InChI=1S/C20H27ClN4O/c1-14-20(15(2)25(23-14)18-5-3-16(21)4-6-18)12-22-11-19-13-24(9-10-26-19)17-7-8-17/h3-6,17,19,22H,7-13H2,1-2H3. The van der Waals surface area contributed by atoms with E-state index in [-0.39, 0.29) is 6.10 Å². The van der Waals surface area contributed by atoms with Crippen molar-refractivity contribution in [2.45, 2.75) is 45.4 Å². The molecule has 1 aromatic heterocycles. The molecule has 0 spiro atoms. The minimum absolute atomic E-state index is 0.288. The van der Waals surface area contributed by atoms with Gasteiger partial charge in [0.15, 0.2) is 0 Å². The second kappa shape index (κ2) is 7.69. The molecule has 1 N–H and O–H groups in total. The summed E-state index contributed by atoms with van der Waals surface area (Å²) >= 11 is 6.00. The second-order valence-electron chi connectivity index (χ2n) is 7.39. The molecular formula is C20H27ClN4O. The average molecular weight is 375 g/mol. The van der Waals surface area contributed by atoms with Crippen LogP contribution >= 0.6 is 11.6 Å². The predicted molar refractivity (Wildman–Crippen MR) is 104 cm³/mol. The van der Waals surface area contributed by atoms with Crippen molar-refractivity contribution in [2.24, 2.45) is 0 Å². The SMILES string of the molecule is Cc1nn(-c2ccc(Cl)cc2)c(C)c1CNCC1CN(C2CC2)CCO1. The number of nitrogens with zero attached hydrogens (tertiary/aromatic N) is 3. The van der Waals surface area contributed by atoms with Gasteiger partial charge in [0.1, 0.15) is 0 Å². The van der Waals surface area contributed by atoms with Crippen LogP contribution in [0, 0.1) is 13.8 Å². The van der Waals surface area contributed by atoms with E-state index in [0.717, 1.165) is 55.2 Å². The Morgan fingerprint density at radius 2 is 2.00 bits per heavy atom. The first kappa shape index (κ1) is 18.0. The van der Waals surface area contributed by atoms with Gasteiger partial charge in [-0.1, -0.05) is 11.6 Å². The lowest BCUT2D eigenvalue weighted by molar-refractivity contribution is -0.0301. The molecule has 1 aliphatic carbocycles. The number of aromatic nitrogens is 2. The van der Waals surface area contributed by atoms with E-state index in [2.05, 4.69) is 24.1 Å². The monoisotopic (exact) mass is 374 g/mol. The van der Waals surface area contributed by atoms with E-state index >= 15 is 0 Å².